The third-order valence-corrected chi connectivity index (χ3v) is 4.39. The van der Waals surface area contributed by atoms with Gasteiger partial charge in [0, 0.05) is 17.3 Å². The molecule has 156 valence electrons. The second-order valence-electron chi connectivity index (χ2n) is 6.46. The number of hydrogen-bond acceptors (Lipinski definition) is 7. The van der Waals surface area contributed by atoms with Crippen molar-refractivity contribution < 1.29 is 23.8 Å². The van der Waals surface area contributed by atoms with Gasteiger partial charge in [-0.05, 0) is 43.7 Å². The highest BCUT2D eigenvalue weighted by atomic mass is 16.5. The lowest BCUT2D eigenvalue weighted by Gasteiger charge is -2.15. The van der Waals surface area contributed by atoms with E-state index >= 15 is 0 Å². The molecule has 0 aliphatic heterocycles. The first kappa shape index (κ1) is 21.1. The standard InChI is InChI=1S/C23H24N2O5/c1-4-13-30-16-11-9-15(10-12-16)25-21-17-7-6-8-18(22(26)28-3)20(17)24-14-19(21)23(27)29-5-2/h6-12,14H,4-5,13H2,1-3H3,(H,24,25). The molecule has 1 aromatic heterocycles. The van der Waals surface area contributed by atoms with Crippen LogP contribution in [0.5, 0.6) is 5.75 Å². The summed E-state index contributed by atoms with van der Waals surface area (Å²) in [7, 11) is 1.31. The lowest BCUT2D eigenvalue weighted by Crippen LogP contribution is -2.10. The maximum Gasteiger partial charge on any atom is 0.341 e. The number of carbonyl (C=O) groups excluding carboxylic acids is 2. The fourth-order valence-corrected chi connectivity index (χ4v) is 2.99. The van der Waals surface area contributed by atoms with E-state index in [9.17, 15) is 9.59 Å². The number of fused-ring (bicyclic) bond motifs is 1. The second-order valence-corrected chi connectivity index (χ2v) is 6.46. The smallest absolute Gasteiger partial charge is 0.341 e. The van der Waals surface area contributed by atoms with Crippen molar-refractivity contribution in [3.63, 3.8) is 0 Å². The van der Waals surface area contributed by atoms with Gasteiger partial charge in [-0.1, -0.05) is 19.1 Å². The fraction of sp³-hybridized carbons (Fsp3) is 0.261. The van der Waals surface area contributed by atoms with Crippen LogP contribution in [0.25, 0.3) is 10.9 Å². The van der Waals surface area contributed by atoms with E-state index in [0.29, 0.717) is 28.8 Å². The molecule has 1 N–H and O–H groups in total. The average Bonchev–Trinajstić information content (AvgIpc) is 2.78. The van der Waals surface area contributed by atoms with Gasteiger partial charge in [0.2, 0.25) is 0 Å². The molecule has 0 amide bonds. The summed E-state index contributed by atoms with van der Waals surface area (Å²) in [5, 5.41) is 3.88. The summed E-state index contributed by atoms with van der Waals surface area (Å²) in [5.74, 6) is -0.235. The maximum absolute atomic E-state index is 12.5. The van der Waals surface area contributed by atoms with E-state index in [2.05, 4.69) is 10.3 Å². The number of rotatable bonds is 8. The van der Waals surface area contributed by atoms with Gasteiger partial charge in [0.1, 0.15) is 11.3 Å². The number of nitrogens with one attached hydrogen (secondary N) is 1. The van der Waals surface area contributed by atoms with E-state index in [1.165, 1.54) is 13.3 Å². The Morgan fingerprint density at radius 3 is 2.43 bits per heavy atom. The topological polar surface area (TPSA) is 86.8 Å². The lowest BCUT2D eigenvalue weighted by molar-refractivity contribution is 0.0526. The Morgan fingerprint density at radius 1 is 1.00 bits per heavy atom. The molecule has 0 saturated heterocycles. The van der Waals surface area contributed by atoms with Gasteiger partial charge in [0.05, 0.1) is 37.1 Å². The van der Waals surface area contributed by atoms with E-state index in [0.717, 1.165) is 17.9 Å². The van der Waals surface area contributed by atoms with Crippen LogP contribution in [0.2, 0.25) is 0 Å². The van der Waals surface area contributed by atoms with Crippen LogP contribution in [0.3, 0.4) is 0 Å². The molecule has 7 nitrogen and oxygen atoms in total. The van der Waals surface area contributed by atoms with Crippen LogP contribution in [0.4, 0.5) is 11.4 Å². The number of ether oxygens (including phenoxy) is 3. The molecule has 0 aliphatic carbocycles. The maximum atomic E-state index is 12.5. The molecular formula is C23H24N2O5. The number of nitrogens with zero attached hydrogens (tertiary/aromatic N) is 1. The van der Waals surface area contributed by atoms with E-state index in [1.807, 2.05) is 31.2 Å². The molecule has 0 bridgehead atoms. The Balaban J connectivity index is 2.08. The molecule has 3 aromatic rings. The normalized spacial score (nSPS) is 10.5. The molecule has 0 fully saturated rings. The van der Waals surface area contributed by atoms with E-state index < -0.39 is 11.9 Å². The minimum atomic E-state index is -0.500. The molecular weight excluding hydrogens is 384 g/mol. The summed E-state index contributed by atoms with van der Waals surface area (Å²) in [6, 6.07) is 12.6. The summed E-state index contributed by atoms with van der Waals surface area (Å²) in [6.45, 7) is 4.67. The lowest BCUT2D eigenvalue weighted by atomic mass is 10.0. The third-order valence-electron chi connectivity index (χ3n) is 4.39. The number of para-hydroxylation sites is 1. The number of pyridine rings is 1. The summed E-state index contributed by atoms with van der Waals surface area (Å²) in [4.78, 5) is 29.0. The van der Waals surface area contributed by atoms with Gasteiger partial charge >= 0.3 is 11.9 Å². The van der Waals surface area contributed by atoms with Crippen LogP contribution in [-0.2, 0) is 9.47 Å². The number of anilines is 2. The molecule has 30 heavy (non-hydrogen) atoms. The minimum Gasteiger partial charge on any atom is -0.494 e. The fourth-order valence-electron chi connectivity index (χ4n) is 2.99. The minimum absolute atomic E-state index is 0.238. The zero-order chi connectivity index (χ0) is 21.5. The highest BCUT2D eigenvalue weighted by Crippen LogP contribution is 2.32. The summed E-state index contributed by atoms with van der Waals surface area (Å²) >= 11 is 0. The molecule has 0 radical (unpaired) electrons. The molecule has 0 unspecified atom stereocenters. The largest absolute Gasteiger partial charge is 0.494 e. The van der Waals surface area contributed by atoms with Crippen molar-refractivity contribution >= 4 is 34.2 Å². The Kier molecular flexibility index (Phi) is 6.85. The number of methoxy groups -OCH3 is 1. The predicted octanol–water partition coefficient (Wildman–Crippen LogP) is 4.73. The average molecular weight is 408 g/mol. The second kappa shape index (κ2) is 9.73. The number of hydrogen-bond donors (Lipinski definition) is 1. The first-order valence-corrected chi connectivity index (χ1v) is 9.76. The first-order valence-electron chi connectivity index (χ1n) is 9.76. The van der Waals surface area contributed by atoms with E-state index in [1.54, 1.807) is 25.1 Å². The van der Waals surface area contributed by atoms with Crippen LogP contribution in [-0.4, -0.2) is 37.2 Å². The first-order chi connectivity index (χ1) is 14.6. The molecule has 0 saturated carbocycles. The number of aromatic nitrogens is 1. The Morgan fingerprint density at radius 2 is 1.77 bits per heavy atom. The SMILES string of the molecule is CCCOc1ccc(Nc2c(C(=O)OCC)cnc3c(C(=O)OC)cccc23)cc1. The molecule has 0 aliphatic rings. The van der Waals surface area contributed by atoms with Crippen LogP contribution in [0.1, 0.15) is 41.0 Å². The molecule has 1 heterocycles. The van der Waals surface area contributed by atoms with Gasteiger partial charge in [0.25, 0.3) is 0 Å². The van der Waals surface area contributed by atoms with Crippen molar-refractivity contribution in [2.24, 2.45) is 0 Å². The van der Waals surface area contributed by atoms with Gasteiger partial charge in [-0.3, -0.25) is 4.98 Å². The summed E-state index contributed by atoms with van der Waals surface area (Å²) in [5.41, 5.74) is 2.28. The summed E-state index contributed by atoms with van der Waals surface area (Å²) in [6.07, 6.45) is 2.34. The van der Waals surface area contributed by atoms with Crippen LogP contribution in [0.15, 0.2) is 48.7 Å². The number of esters is 2. The van der Waals surface area contributed by atoms with Crippen LogP contribution < -0.4 is 10.1 Å². The molecule has 0 spiro atoms. The van der Waals surface area contributed by atoms with Gasteiger partial charge < -0.3 is 19.5 Å². The van der Waals surface area contributed by atoms with Crippen molar-refractivity contribution in [3.8, 4) is 5.75 Å². The number of carbonyl (C=O) groups is 2. The van der Waals surface area contributed by atoms with Crippen molar-refractivity contribution in [3.05, 3.63) is 59.8 Å². The Bertz CT molecular complexity index is 1050. The van der Waals surface area contributed by atoms with Crippen LogP contribution in [0, 0.1) is 0 Å². The molecule has 0 atom stereocenters. The molecule has 3 rings (SSSR count). The van der Waals surface area contributed by atoms with E-state index in [4.69, 9.17) is 14.2 Å². The highest BCUT2D eigenvalue weighted by molar-refractivity contribution is 6.11. The Hall–Kier alpha value is -3.61. The zero-order valence-electron chi connectivity index (χ0n) is 17.2. The van der Waals surface area contributed by atoms with Crippen LogP contribution >= 0.6 is 0 Å². The van der Waals surface area contributed by atoms with Crippen molar-refractivity contribution in [2.45, 2.75) is 20.3 Å². The number of benzene rings is 2. The quantitative estimate of drug-likeness (QED) is 0.539. The molecule has 7 heteroatoms. The van der Waals surface area contributed by atoms with Crippen molar-refractivity contribution in [1.29, 1.82) is 0 Å². The van der Waals surface area contributed by atoms with Gasteiger partial charge in [0.15, 0.2) is 0 Å². The van der Waals surface area contributed by atoms with Crippen molar-refractivity contribution in [2.75, 3.05) is 25.6 Å². The van der Waals surface area contributed by atoms with Gasteiger partial charge in [-0.15, -0.1) is 0 Å². The van der Waals surface area contributed by atoms with Gasteiger partial charge in [-0.2, -0.15) is 0 Å². The Labute approximate surface area is 175 Å². The monoisotopic (exact) mass is 408 g/mol. The third kappa shape index (κ3) is 4.51. The van der Waals surface area contributed by atoms with E-state index in [-0.39, 0.29) is 12.2 Å². The van der Waals surface area contributed by atoms with Crippen molar-refractivity contribution in [1.82, 2.24) is 4.98 Å². The van der Waals surface area contributed by atoms with Gasteiger partial charge in [-0.25, -0.2) is 9.59 Å². The highest BCUT2D eigenvalue weighted by Gasteiger charge is 2.20. The predicted molar refractivity (Wildman–Crippen MR) is 115 cm³/mol. The zero-order valence-corrected chi connectivity index (χ0v) is 17.2. The summed E-state index contributed by atoms with van der Waals surface area (Å²) < 4.78 is 15.7. The molecule has 2 aromatic carbocycles.